The average Bonchev–Trinajstić information content (AvgIpc) is 3.04. The molecule has 1 N–H and O–H groups in total. The van der Waals surface area contributed by atoms with Crippen LogP contribution in [-0.2, 0) is 13.7 Å². The number of aryl methyl sites for hydroxylation is 2. The topological polar surface area (TPSA) is 81.2 Å². The van der Waals surface area contributed by atoms with Crippen molar-refractivity contribution < 1.29 is 9.26 Å². The highest BCUT2D eigenvalue weighted by Crippen LogP contribution is 2.23. The predicted octanol–water partition coefficient (Wildman–Crippen LogP) is 0.997. The standard InChI is InChI=1S/C14H22N6O2.ClH/c1-9-13(10(2)20(4)17-9)21-8-12-16-14(18-22-12)11-7-15-5-6-19(11)3;/h11,15H,5-8H2,1-4H3;1H. The molecule has 0 amide bonds. The smallest absolute Gasteiger partial charge is 0.264 e. The second-order valence-electron chi connectivity index (χ2n) is 5.66. The summed E-state index contributed by atoms with van der Waals surface area (Å²) < 4.78 is 12.9. The molecule has 0 spiro atoms. The van der Waals surface area contributed by atoms with Crippen molar-refractivity contribution in [3.63, 3.8) is 0 Å². The molecule has 0 saturated carbocycles. The molecule has 0 bridgehead atoms. The first kappa shape index (κ1) is 17.7. The van der Waals surface area contributed by atoms with E-state index in [4.69, 9.17) is 9.26 Å². The average molecular weight is 343 g/mol. The lowest BCUT2D eigenvalue weighted by atomic mass is 10.2. The molecule has 0 aromatic carbocycles. The summed E-state index contributed by atoms with van der Waals surface area (Å²) in [5.41, 5.74) is 1.84. The summed E-state index contributed by atoms with van der Waals surface area (Å²) >= 11 is 0. The molecule has 128 valence electrons. The van der Waals surface area contributed by atoms with E-state index >= 15 is 0 Å². The largest absolute Gasteiger partial charge is 0.480 e. The van der Waals surface area contributed by atoms with Gasteiger partial charge in [-0.2, -0.15) is 10.1 Å². The van der Waals surface area contributed by atoms with Gasteiger partial charge in [0.1, 0.15) is 5.69 Å². The van der Waals surface area contributed by atoms with Gasteiger partial charge >= 0.3 is 0 Å². The maximum atomic E-state index is 5.79. The van der Waals surface area contributed by atoms with Crippen LogP contribution in [0.2, 0.25) is 0 Å². The summed E-state index contributed by atoms with van der Waals surface area (Å²) in [4.78, 5) is 6.68. The minimum Gasteiger partial charge on any atom is -0.480 e. The Hall–Kier alpha value is -1.64. The fourth-order valence-electron chi connectivity index (χ4n) is 2.65. The van der Waals surface area contributed by atoms with E-state index in [-0.39, 0.29) is 25.1 Å². The minimum atomic E-state index is 0. The molecule has 0 aliphatic carbocycles. The van der Waals surface area contributed by atoms with Gasteiger partial charge in [-0.25, -0.2) is 0 Å². The van der Waals surface area contributed by atoms with Gasteiger partial charge in [0.15, 0.2) is 18.2 Å². The zero-order chi connectivity index (χ0) is 15.7. The van der Waals surface area contributed by atoms with Crippen molar-refractivity contribution in [2.75, 3.05) is 26.7 Å². The summed E-state index contributed by atoms with van der Waals surface area (Å²) in [5, 5.41) is 11.7. The first-order valence-electron chi connectivity index (χ1n) is 7.42. The van der Waals surface area contributed by atoms with Crippen molar-refractivity contribution in [2.45, 2.75) is 26.5 Å². The summed E-state index contributed by atoms with van der Waals surface area (Å²) in [5.74, 6) is 1.96. The van der Waals surface area contributed by atoms with Crippen molar-refractivity contribution in [3.8, 4) is 5.75 Å². The lowest BCUT2D eigenvalue weighted by Crippen LogP contribution is -2.44. The van der Waals surface area contributed by atoms with Crippen LogP contribution in [0, 0.1) is 13.8 Å². The molecule has 3 heterocycles. The van der Waals surface area contributed by atoms with Gasteiger partial charge in [-0.05, 0) is 20.9 Å². The van der Waals surface area contributed by atoms with Crippen molar-refractivity contribution in [1.82, 2.24) is 30.1 Å². The summed E-state index contributed by atoms with van der Waals surface area (Å²) in [6.07, 6.45) is 0. The third kappa shape index (κ3) is 3.65. The fourth-order valence-corrected chi connectivity index (χ4v) is 2.65. The van der Waals surface area contributed by atoms with E-state index < -0.39 is 0 Å². The van der Waals surface area contributed by atoms with E-state index in [0.717, 1.165) is 36.8 Å². The van der Waals surface area contributed by atoms with E-state index in [1.165, 1.54) is 0 Å². The van der Waals surface area contributed by atoms with Gasteiger partial charge in [0.2, 0.25) is 0 Å². The lowest BCUT2D eigenvalue weighted by Gasteiger charge is -2.30. The van der Waals surface area contributed by atoms with E-state index in [9.17, 15) is 0 Å². The number of likely N-dealkylation sites (N-methyl/N-ethyl adjacent to an activating group) is 1. The normalized spacial score (nSPS) is 18.7. The molecule has 23 heavy (non-hydrogen) atoms. The first-order valence-corrected chi connectivity index (χ1v) is 7.42. The number of rotatable bonds is 4. The second kappa shape index (κ2) is 7.29. The van der Waals surface area contributed by atoms with Crippen molar-refractivity contribution in [1.29, 1.82) is 0 Å². The van der Waals surface area contributed by atoms with Gasteiger partial charge in [-0.1, -0.05) is 5.16 Å². The molecule has 0 radical (unpaired) electrons. The highest BCUT2D eigenvalue weighted by atomic mass is 35.5. The summed E-state index contributed by atoms with van der Waals surface area (Å²) in [6.45, 7) is 6.93. The number of ether oxygens (including phenoxy) is 1. The molecule has 8 nitrogen and oxygen atoms in total. The Morgan fingerprint density at radius 3 is 2.78 bits per heavy atom. The van der Waals surface area contributed by atoms with E-state index in [1.54, 1.807) is 4.68 Å². The van der Waals surface area contributed by atoms with Crippen LogP contribution >= 0.6 is 12.4 Å². The van der Waals surface area contributed by atoms with Crippen molar-refractivity contribution in [2.24, 2.45) is 7.05 Å². The quantitative estimate of drug-likeness (QED) is 0.887. The Kier molecular flexibility index (Phi) is 5.61. The molecule has 2 aromatic heterocycles. The van der Waals surface area contributed by atoms with Gasteiger partial charge in [0.25, 0.3) is 5.89 Å². The van der Waals surface area contributed by atoms with Crippen LogP contribution in [-0.4, -0.2) is 51.5 Å². The van der Waals surface area contributed by atoms with Crippen molar-refractivity contribution >= 4 is 12.4 Å². The number of hydrogen-bond donors (Lipinski definition) is 1. The number of piperazine rings is 1. The van der Waals surface area contributed by atoms with Gasteiger partial charge in [0.05, 0.1) is 11.7 Å². The van der Waals surface area contributed by atoms with Gasteiger partial charge in [-0.15, -0.1) is 12.4 Å². The van der Waals surface area contributed by atoms with Crippen LogP contribution in [0.3, 0.4) is 0 Å². The monoisotopic (exact) mass is 342 g/mol. The van der Waals surface area contributed by atoms with Crippen LogP contribution in [0.5, 0.6) is 5.75 Å². The van der Waals surface area contributed by atoms with Gasteiger partial charge in [-0.3, -0.25) is 9.58 Å². The van der Waals surface area contributed by atoms with Crippen LogP contribution in [0.15, 0.2) is 4.52 Å². The van der Waals surface area contributed by atoms with E-state index in [2.05, 4.69) is 32.5 Å². The lowest BCUT2D eigenvalue weighted by molar-refractivity contribution is 0.189. The van der Waals surface area contributed by atoms with Gasteiger partial charge < -0.3 is 14.6 Å². The highest BCUT2D eigenvalue weighted by Gasteiger charge is 2.25. The number of halogens is 1. The van der Waals surface area contributed by atoms with Crippen LogP contribution in [0.4, 0.5) is 0 Å². The fraction of sp³-hybridized carbons (Fsp3) is 0.643. The molecule has 1 saturated heterocycles. The Morgan fingerprint density at radius 1 is 1.35 bits per heavy atom. The molecule has 1 unspecified atom stereocenters. The molecule has 1 aliphatic rings. The van der Waals surface area contributed by atoms with Crippen molar-refractivity contribution in [3.05, 3.63) is 23.1 Å². The first-order chi connectivity index (χ1) is 10.6. The second-order valence-corrected chi connectivity index (χ2v) is 5.66. The summed E-state index contributed by atoms with van der Waals surface area (Å²) in [7, 11) is 3.96. The molecule has 3 rings (SSSR count). The molecule has 1 aliphatic heterocycles. The third-order valence-electron chi connectivity index (χ3n) is 4.08. The molecule has 9 heteroatoms. The minimum absolute atomic E-state index is 0. The molecular weight excluding hydrogens is 320 g/mol. The maximum Gasteiger partial charge on any atom is 0.264 e. The summed E-state index contributed by atoms with van der Waals surface area (Å²) in [6, 6.07) is 0.146. The molecule has 2 aromatic rings. The van der Waals surface area contributed by atoms with E-state index in [0.29, 0.717) is 11.7 Å². The Morgan fingerprint density at radius 2 is 2.13 bits per heavy atom. The molecule has 1 fully saturated rings. The van der Waals surface area contributed by atoms with E-state index in [1.807, 2.05) is 20.9 Å². The number of nitrogens with one attached hydrogen (secondary N) is 1. The SMILES string of the molecule is Cc1nn(C)c(C)c1OCc1nc(C2CNCCN2C)no1.Cl. The highest BCUT2D eigenvalue weighted by molar-refractivity contribution is 5.85. The Labute approximate surface area is 141 Å². The maximum absolute atomic E-state index is 5.79. The Bertz CT molecular complexity index is 656. The van der Waals surface area contributed by atoms with Gasteiger partial charge in [0, 0.05) is 26.7 Å². The number of nitrogens with zero attached hydrogens (tertiary/aromatic N) is 5. The predicted molar refractivity (Wildman–Crippen MR) is 86.8 cm³/mol. The van der Waals surface area contributed by atoms with Crippen LogP contribution in [0.25, 0.3) is 0 Å². The Balaban J connectivity index is 0.00000192. The molecule has 1 atom stereocenters. The van der Waals surface area contributed by atoms with Crippen LogP contribution < -0.4 is 10.1 Å². The zero-order valence-corrected chi connectivity index (χ0v) is 14.7. The number of hydrogen-bond acceptors (Lipinski definition) is 7. The zero-order valence-electron chi connectivity index (χ0n) is 13.9. The van der Waals surface area contributed by atoms with Crippen LogP contribution in [0.1, 0.15) is 29.1 Å². The number of aromatic nitrogens is 4. The third-order valence-corrected chi connectivity index (χ3v) is 4.08. The molecular formula is C14H23ClN6O2.